The van der Waals surface area contributed by atoms with Crippen LogP contribution in [0.25, 0.3) is 10.9 Å². The Labute approximate surface area is 75.9 Å². The predicted molar refractivity (Wildman–Crippen MR) is 52.2 cm³/mol. The van der Waals surface area contributed by atoms with Crippen LogP contribution in [0.4, 0.5) is 4.39 Å². The summed E-state index contributed by atoms with van der Waals surface area (Å²) in [4.78, 5) is 3.03. The van der Waals surface area contributed by atoms with Gasteiger partial charge in [0.05, 0.1) is 0 Å². The van der Waals surface area contributed by atoms with Gasteiger partial charge < -0.3 is 4.98 Å². The number of nitrogens with one attached hydrogen (secondary N) is 1. The molecule has 0 atom stereocenters. The molecule has 1 aromatic carbocycles. The number of halogens is 1. The van der Waals surface area contributed by atoms with Crippen molar-refractivity contribution in [1.82, 2.24) is 4.98 Å². The van der Waals surface area contributed by atoms with Gasteiger partial charge in [0.1, 0.15) is 5.82 Å². The van der Waals surface area contributed by atoms with Gasteiger partial charge in [-0.25, -0.2) is 4.39 Å². The molecular weight excluding hydrogens is 165 g/mol. The van der Waals surface area contributed by atoms with Crippen LogP contribution in [0.15, 0.2) is 37.1 Å². The van der Waals surface area contributed by atoms with Gasteiger partial charge in [-0.2, -0.15) is 0 Å². The first-order chi connectivity index (χ1) is 6.31. The summed E-state index contributed by atoms with van der Waals surface area (Å²) in [6.45, 7) is 3.67. The second kappa shape index (κ2) is 3.05. The van der Waals surface area contributed by atoms with Crippen LogP contribution in [0.2, 0.25) is 0 Å². The van der Waals surface area contributed by atoms with Gasteiger partial charge in [-0.1, -0.05) is 6.08 Å². The van der Waals surface area contributed by atoms with E-state index in [-0.39, 0.29) is 5.82 Å². The molecule has 0 unspecified atom stereocenters. The summed E-state index contributed by atoms with van der Waals surface area (Å²) >= 11 is 0. The van der Waals surface area contributed by atoms with Crippen LogP contribution in [0.1, 0.15) is 5.56 Å². The van der Waals surface area contributed by atoms with Crippen LogP contribution in [-0.2, 0) is 6.42 Å². The molecule has 0 amide bonds. The summed E-state index contributed by atoms with van der Waals surface area (Å²) in [5.74, 6) is -0.209. The largest absolute Gasteiger partial charge is 0.361 e. The molecule has 0 bridgehead atoms. The van der Waals surface area contributed by atoms with Crippen molar-refractivity contribution in [3.05, 3.63) is 48.4 Å². The smallest absolute Gasteiger partial charge is 0.125 e. The molecule has 66 valence electrons. The summed E-state index contributed by atoms with van der Waals surface area (Å²) < 4.78 is 12.8. The molecule has 1 heterocycles. The van der Waals surface area contributed by atoms with E-state index in [0.29, 0.717) is 0 Å². The maximum atomic E-state index is 12.8. The molecule has 2 aromatic rings. The van der Waals surface area contributed by atoms with E-state index in [9.17, 15) is 4.39 Å². The molecule has 0 spiro atoms. The summed E-state index contributed by atoms with van der Waals surface area (Å²) in [6.07, 6.45) is 4.55. The lowest BCUT2D eigenvalue weighted by molar-refractivity contribution is 0.629. The fraction of sp³-hybridized carbons (Fsp3) is 0.0909. The summed E-state index contributed by atoms with van der Waals surface area (Å²) in [6, 6.07) is 4.77. The van der Waals surface area contributed by atoms with Crippen LogP contribution >= 0.6 is 0 Å². The molecule has 0 saturated heterocycles. The highest BCUT2D eigenvalue weighted by atomic mass is 19.1. The number of hydrogen-bond acceptors (Lipinski definition) is 0. The number of aromatic amines is 1. The van der Waals surface area contributed by atoms with Crippen LogP contribution in [0.5, 0.6) is 0 Å². The highest BCUT2D eigenvalue weighted by Gasteiger charge is 2.02. The Morgan fingerprint density at radius 1 is 1.46 bits per heavy atom. The van der Waals surface area contributed by atoms with Crippen molar-refractivity contribution >= 4 is 10.9 Å². The molecular formula is C11H10FN. The normalized spacial score (nSPS) is 10.5. The minimum Gasteiger partial charge on any atom is -0.361 e. The average Bonchev–Trinajstić information content (AvgIpc) is 2.49. The molecule has 1 N–H and O–H groups in total. The lowest BCUT2D eigenvalue weighted by Gasteiger charge is -1.93. The second-order valence-corrected chi connectivity index (χ2v) is 3.00. The van der Waals surface area contributed by atoms with E-state index < -0.39 is 0 Å². The molecule has 0 fully saturated rings. The first kappa shape index (κ1) is 8.05. The predicted octanol–water partition coefficient (Wildman–Crippen LogP) is 3.04. The summed E-state index contributed by atoms with van der Waals surface area (Å²) in [5, 5.41) is 1.07. The van der Waals surface area contributed by atoms with E-state index in [4.69, 9.17) is 0 Å². The average molecular weight is 175 g/mol. The maximum absolute atomic E-state index is 12.8. The number of H-pyrrole nitrogens is 1. The number of fused-ring (bicyclic) bond motifs is 1. The molecule has 0 aliphatic heterocycles. The van der Waals surface area contributed by atoms with Gasteiger partial charge in [-0.3, -0.25) is 0 Å². The summed E-state index contributed by atoms with van der Waals surface area (Å²) in [7, 11) is 0. The fourth-order valence-electron chi connectivity index (χ4n) is 1.48. The minimum absolute atomic E-state index is 0.209. The molecule has 0 saturated carbocycles. The number of rotatable bonds is 2. The zero-order chi connectivity index (χ0) is 9.26. The third kappa shape index (κ3) is 1.35. The fourth-order valence-corrected chi connectivity index (χ4v) is 1.48. The zero-order valence-electron chi connectivity index (χ0n) is 7.18. The molecule has 0 aliphatic carbocycles. The monoisotopic (exact) mass is 175 g/mol. The molecule has 2 rings (SSSR count). The van der Waals surface area contributed by atoms with Crippen LogP contribution in [0, 0.1) is 5.82 Å². The summed E-state index contributed by atoms with van der Waals surface area (Å²) in [5.41, 5.74) is 2.00. The van der Waals surface area contributed by atoms with Crippen molar-refractivity contribution in [1.29, 1.82) is 0 Å². The third-order valence-corrected chi connectivity index (χ3v) is 2.09. The molecule has 2 heteroatoms. The van der Waals surface area contributed by atoms with Gasteiger partial charge in [-0.05, 0) is 30.2 Å². The highest BCUT2D eigenvalue weighted by Crippen LogP contribution is 2.19. The van der Waals surface area contributed by atoms with E-state index >= 15 is 0 Å². The van der Waals surface area contributed by atoms with E-state index in [0.717, 1.165) is 22.9 Å². The first-order valence-corrected chi connectivity index (χ1v) is 4.17. The lowest BCUT2D eigenvalue weighted by Crippen LogP contribution is -1.77. The Morgan fingerprint density at radius 2 is 2.31 bits per heavy atom. The van der Waals surface area contributed by atoms with Gasteiger partial charge in [-0.15, -0.1) is 6.58 Å². The van der Waals surface area contributed by atoms with E-state index in [1.54, 1.807) is 6.07 Å². The highest BCUT2D eigenvalue weighted by molar-refractivity contribution is 5.83. The topological polar surface area (TPSA) is 15.8 Å². The Balaban J connectivity index is 2.61. The van der Waals surface area contributed by atoms with Gasteiger partial charge in [0.2, 0.25) is 0 Å². The van der Waals surface area contributed by atoms with E-state index in [2.05, 4.69) is 11.6 Å². The van der Waals surface area contributed by atoms with Gasteiger partial charge >= 0.3 is 0 Å². The Bertz CT molecular complexity index is 442. The number of hydrogen-bond donors (Lipinski definition) is 1. The zero-order valence-corrected chi connectivity index (χ0v) is 7.18. The molecule has 1 aromatic heterocycles. The molecule has 1 nitrogen and oxygen atoms in total. The minimum atomic E-state index is -0.209. The van der Waals surface area contributed by atoms with Gasteiger partial charge in [0.15, 0.2) is 0 Å². The standard InChI is InChI=1S/C11H10FN/c1-2-3-8-7-13-11-6-9(12)4-5-10(8)11/h2,4-7,13H,1,3H2. The molecule has 13 heavy (non-hydrogen) atoms. The Hall–Kier alpha value is -1.57. The first-order valence-electron chi connectivity index (χ1n) is 4.17. The van der Waals surface area contributed by atoms with Crippen LogP contribution in [-0.4, -0.2) is 4.98 Å². The SMILES string of the molecule is C=CCc1c[nH]c2cc(F)ccc12. The van der Waals surface area contributed by atoms with E-state index in [1.807, 2.05) is 12.3 Å². The van der Waals surface area contributed by atoms with Crippen molar-refractivity contribution in [2.75, 3.05) is 0 Å². The van der Waals surface area contributed by atoms with Crippen molar-refractivity contribution in [2.24, 2.45) is 0 Å². The van der Waals surface area contributed by atoms with Crippen molar-refractivity contribution in [2.45, 2.75) is 6.42 Å². The number of allylic oxidation sites excluding steroid dienone is 1. The lowest BCUT2D eigenvalue weighted by atomic mass is 10.1. The molecule has 0 radical (unpaired) electrons. The van der Waals surface area contributed by atoms with Crippen LogP contribution in [0.3, 0.4) is 0 Å². The molecule has 0 aliphatic rings. The van der Waals surface area contributed by atoms with Crippen molar-refractivity contribution in [3.8, 4) is 0 Å². The third-order valence-electron chi connectivity index (χ3n) is 2.09. The van der Waals surface area contributed by atoms with Crippen LogP contribution < -0.4 is 0 Å². The maximum Gasteiger partial charge on any atom is 0.125 e. The quantitative estimate of drug-likeness (QED) is 0.675. The van der Waals surface area contributed by atoms with Gasteiger partial charge in [0, 0.05) is 17.1 Å². The van der Waals surface area contributed by atoms with Gasteiger partial charge in [0.25, 0.3) is 0 Å². The van der Waals surface area contributed by atoms with Crippen molar-refractivity contribution in [3.63, 3.8) is 0 Å². The van der Waals surface area contributed by atoms with E-state index in [1.165, 1.54) is 12.1 Å². The number of aromatic nitrogens is 1. The Morgan fingerprint density at radius 3 is 3.08 bits per heavy atom. The van der Waals surface area contributed by atoms with Crippen molar-refractivity contribution < 1.29 is 4.39 Å². The number of benzene rings is 1. The second-order valence-electron chi connectivity index (χ2n) is 3.00. The Kier molecular flexibility index (Phi) is 1.89.